The van der Waals surface area contributed by atoms with E-state index in [0.29, 0.717) is 0 Å². The van der Waals surface area contributed by atoms with Crippen molar-refractivity contribution in [1.29, 1.82) is 0 Å². The molecule has 2 nitrogen and oxygen atoms in total. The zero-order chi connectivity index (χ0) is 8.81. The van der Waals surface area contributed by atoms with Crippen molar-refractivity contribution in [2.75, 3.05) is 13.7 Å². The number of methoxy groups -OCH3 is 1. The molecule has 0 fully saturated rings. The molecule has 0 unspecified atom stereocenters. The van der Waals surface area contributed by atoms with Gasteiger partial charge in [-0.2, -0.15) is 0 Å². The molecule has 0 aliphatic heterocycles. The van der Waals surface area contributed by atoms with Crippen LogP contribution in [-0.2, 0) is 6.54 Å². The minimum absolute atomic E-state index is 0. The smallest absolute Gasteiger partial charge is 0.118 e. The van der Waals surface area contributed by atoms with Crippen LogP contribution in [0.3, 0.4) is 0 Å². The highest BCUT2D eigenvalue weighted by Crippen LogP contribution is 2.10. The lowest BCUT2D eigenvalue weighted by Crippen LogP contribution is -2.11. The lowest BCUT2D eigenvalue weighted by atomic mass is 10.2. The van der Waals surface area contributed by atoms with Crippen molar-refractivity contribution < 1.29 is 6.16 Å². The van der Waals surface area contributed by atoms with Crippen LogP contribution in [0, 0.1) is 0 Å². The van der Waals surface area contributed by atoms with Gasteiger partial charge in [0.2, 0.25) is 0 Å². The van der Waals surface area contributed by atoms with E-state index in [9.17, 15) is 0 Å². The maximum atomic E-state index is 5.05. The predicted molar refractivity (Wildman–Crippen MR) is 52.5 cm³/mol. The van der Waals surface area contributed by atoms with Crippen molar-refractivity contribution in [2.24, 2.45) is 0 Å². The summed E-state index contributed by atoms with van der Waals surface area (Å²) in [5, 5.41) is 3.26. The molecule has 0 bridgehead atoms. The Morgan fingerprint density at radius 2 is 2.00 bits per heavy atom. The Balaban J connectivity index is 0.00000144. The van der Waals surface area contributed by atoms with Gasteiger partial charge in [0.25, 0.3) is 0 Å². The van der Waals surface area contributed by atoms with Gasteiger partial charge in [0.05, 0.1) is 7.11 Å². The van der Waals surface area contributed by atoms with E-state index in [4.69, 9.17) is 4.74 Å². The summed E-state index contributed by atoms with van der Waals surface area (Å²) in [5.41, 5.74) is 1.29. The highest BCUT2D eigenvalue weighted by molar-refractivity contribution is 5.26. The average molecular weight is 167 g/mol. The fourth-order valence-electron chi connectivity index (χ4n) is 1.01. The van der Waals surface area contributed by atoms with Gasteiger partial charge < -0.3 is 10.1 Å². The second-order valence-corrected chi connectivity index (χ2v) is 2.63. The van der Waals surface area contributed by atoms with Gasteiger partial charge in [0.1, 0.15) is 5.75 Å². The number of benzene rings is 1. The van der Waals surface area contributed by atoms with Crippen LogP contribution in [0.15, 0.2) is 24.3 Å². The summed E-state index contributed by atoms with van der Waals surface area (Å²) in [6.07, 6.45) is 0. The summed E-state index contributed by atoms with van der Waals surface area (Å²) < 4.78 is 5.05. The molecule has 68 valence electrons. The summed E-state index contributed by atoms with van der Waals surface area (Å²) in [4.78, 5) is 0. The van der Waals surface area contributed by atoms with Crippen LogP contribution in [0.4, 0.5) is 0 Å². The van der Waals surface area contributed by atoms with E-state index in [-0.39, 0.29) is 1.43 Å². The van der Waals surface area contributed by atoms with Crippen LogP contribution < -0.4 is 10.1 Å². The number of ether oxygens (including phenoxy) is 1. The van der Waals surface area contributed by atoms with E-state index in [1.165, 1.54) is 5.56 Å². The maximum absolute atomic E-state index is 5.05. The lowest BCUT2D eigenvalue weighted by molar-refractivity contribution is 0.414. The van der Waals surface area contributed by atoms with Gasteiger partial charge in [0, 0.05) is 7.97 Å². The first kappa shape index (κ1) is 9.07. The van der Waals surface area contributed by atoms with Gasteiger partial charge >= 0.3 is 0 Å². The first-order valence-corrected chi connectivity index (χ1v) is 4.20. The van der Waals surface area contributed by atoms with Crippen molar-refractivity contribution >= 4 is 0 Å². The molecule has 0 heterocycles. The quantitative estimate of drug-likeness (QED) is 0.741. The minimum atomic E-state index is 0. The molecule has 0 radical (unpaired) electrons. The molecule has 0 aliphatic rings. The maximum Gasteiger partial charge on any atom is 0.118 e. The molecule has 12 heavy (non-hydrogen) atoms. The molecule has 1 N–H and O–H groups in total. The molecular formula is C10H17NO. The summed E-state index contributed by atoms with van der Waals surface area (Å²) >= 11 is 0. The van der Waals surface area contributed by atoms with Crippen molar-refractivity contribution in [1.82, 2.24) is 5.32 Å². The molecule has 1 rings (SSSR count). The highest BCUT2D eigenvalue weighted by Gasteiger charge is 1.91. The Bertz CT molecular complexity index is 223. The molecule has 0 atom stereocenters. The average Bonchev–Trinajstić information content (AvgIpc) is 2.15. The molecule has 1 aromatic rings. The predicted octanol–water partition coefficient (Wildman–Crippen LogP) is 2.05. The molecule has 0 aliphatic carbocycles. The third-order valence-electron chi connectivity index (χ3n) is 1.74. The van der Waals surface area contributed by atoms with Gasteiger partial charge in [-0.25, -0.2) is 0 Å². The largest absolute Gasteiger partial charge is 0.497 e. The Labute approximate surface area is 75.0 Å². The monoisotopic (exact) mass is 167 g/mol. The summed E-state index contributed by atoms with van der Waals surface area (Å²) in [6, 6.07) is 8.10. The van der Waals surface area contributed by atoms with Crippen LogP contribution in [0.1, 0.15) is 13.9 Å². The van der Waals surface area contributed by atoms with Crippen molar-refractivity contribution in [3.63, 3.8) is 0 Å². The van der Waals surface area contributed by atoms with Crippen molar-refractivity contribution in [3.05, 3.63) is 29.8 Å². The van der Waals surface area contributed by atoms with E-state index >= 15 is 0 Å². The van der Waals surface area contributed by atoms with E-state index in [2.05, 4.69) is 24.4 Å². The fraction of sp³-hybridized carbons (Fsp3) is 0.400. The van der Waals surface area contributed by atoms with Crippen molar-refractivity contribution in [2.45, 2.75) is 13.5 Å². The molecule has 0 saturated heterocycles. The summed E-state index contributed by atoms with van der Waals surface area (Å²) in [7, 11) is 1.68. The Morgan fingerprint density at radius 3 is 2.50 bits per heavy atom. The third-order valence-corrected chi connectivity index (χ3v) is 1.74. The van der Waals surface area contributed by atoms with E-state index in [1.807, 2.05) is 12.1 Å². The van der Waals surface area contributed by atoms with Crippen LogP contribution >= 0.6 is 0 Å². The van der Waals surface area contributed by atoms with E-state index in [1.54, 1.807) is 7.11 Å². The van der Waals surface area contributed by atoms with Gasteiger partial charge in [-0.15, -0.1) is 0 Å². The molecule has 2 heteroatoms. The Morgan fingerprint density at radius 1 is 1.33 bits per heavy atom. The summed E-state index contributed by atoms with van der Waals surface area (Å²) in [5.74, 6) is 0.912. The molecule has 0 spiro atoms. The van der Waals surface area contributed by atoms with Gasteiger partial charge in [0.15, 0.2) is 0 Å². The first-order valence-electron chi connectivity index (χ1n) is 4.20. The van der Waals surface area contributed by atoms with E-state index in [0.717, 1.165) is 18.8 Å². The summed E-state index contributed by atoms with van der Waals surface area (Å²) in [6.45, 7) is 4.04. The van der Waals surface area contributed by atoms with Crippen molar-refractivity contribution in [3.8, 4) is 5.75 Å². The minimum Gasteiger partial charge on any atom is -0.497 e. The second-order valence-electron chi connectivity index (χ2n) is 2.63. The highest BCUT2D eigenvalue weighted by atomic mass is 16.5. The molecule has 0 amide bonds. The number of nitrogens with one attached hydrogen (secondary N) is 1. The van der Waals surface area contributed by atoms with Crippen LogP contribution in [-0.4, -0.2) is 13.7 Å². The first-order chi connectivity index (χ1) is 5.86. The number of hydrogen-bond acceptors (Lipinski definition) is 2. The van der Waals surface area contributed by atoms with Gasteiger partial charge in [-0.05, 0) is 24.2 Å². The molecule has 0 saturated carbocycles. The standard InChI is InChI=1S/C10H15NO.H2/c1-3-11-8-9-4-6-10(12-2)7-5-9;/h4-7,11H,3,8H2,1-2H3;1H. The zero-order valence-corrected chi connectivity index (χ0v) is 7.63. The lowest BCUT2D eigenvalue weighted by Gasteiger charge is -2.03. The SMILES string of the molecule is CCNCc1ccc(OC)cc1.[HH]. The Hall–Kier alpha value is -1.02. The van der Waals surface area contributed by atoms with Gasteiger partial charge in [-0.3, -0.25) is 0 Å². The second kappa shape index (κ2) is 4.78. The van der Waals surface area contributed by atoms with Gasteiger partial charge in [-0.1, -0.05) is 19.1 Å². The molecular weight excluding hydrogens is 150 g/mol. The number of hydrogen-bond donors (Lipinski definition) is 1. The van der Waals surface area contributed by atoms with Crippen LogP contribution in [0.25, 0.3) is 0 Å². The van der Waals surface area contributed by atoms with E-state index < -0.39 is 0 Å². The Kier molecular flexibility index (Phi) is 3.61. The van der Waals surface area contributed by atoms with Crippen LogP contribution in [0.5, 0.6) is 5.75 Å². The van der Waals surface area contributed by atoms with Crippen LogP contribution in [0.2, 0.25) is 0 Å². The molecule has 0 aromatic heterocycles. The normalized spacial score (nSPS) is 9.83. The number of rotatable bonds is 4. The fourth-order valence-corrected chi connectivity index (χ4v) is 1.01. The topological polar surface area (TPSA) is 21.3 Å². The molecule has 1 aromatic carbocycles. The third kappa shape index (κ3) is 2.55. The zero-order valence-electron chi connectivity index (χ0n) is 7.63.